The molecule has 0 aliphatic rings. The molecule has 1 rings (SSSR count). The highest BCUT2D eigenvalue weighted by Crippen LogP contribution is 2.28. The van der Waals surface area contributed by atoms with E-state index in [1.54, 1.807) is 32.0 Å². The maximum Gasteiger partial charge on any atom is 0.441 e. The number of hydroxylamine groups is 2. The second kappa shape index (κ2) is 6.93. The molecule has 0 spiro atoms. The molecule has 1 aromatic carbocycles. The Morgan fingerprint density at radius 2 is 2.10 bits per heavy atom. The molecular weight excluding hydrogens is 338 g/mol. The van der Waals surface area contributed by atoms with Crippen LogP contribution in [0.2, 0.25) is 0 Å². The topological polar surface area (TPSA) is 66.8 Å². The number of carbonyl (C=O) groups is 2. The van der Waals surface area contributed by atoms with E-state index in [1.807, 2.05) is 13.8 Å². The Bertz CT molecular complexity index is 528. The number of rotatable bonds is 6. The highest BCUT2D eigenvalue weighted by atomic mass is 79.9. The fraction of sp³-hybridized carbons (Fsp3) is 0.467. The van der Waals surface area contributed by atoms with Crippen LogP contribution in [0.25, 0.3) is 0 Å². The van der Waals surface area contributed by atoms with Gasteiger partial charge < -0.3 is 9.94 Å². The van der Waals surface area contributed by atoms with Crippen molar-refractivity contribution >= 4 is 28.3 Å². The van der Waals surface area contributed by atoms with Crippen molar-refractivity contribution in [3.8, 4) is 5.75 Å². The van der Waals surface area contributed by atoms with Crippen molar-refractivity contribution in [2.24, 2.45) is 5.92 Å². The predicted molar refractivity (Wildman–Crippen MR) is 83.6 cm³/mol. The lowest BCUT2D eigenvalue weighted by molar-refractivity contribution is -0.109. The molecule has 0 saturated carbocycles. The van der Waals surface area contributed by atoms with E-state index in [-0.39, 0.29) is 11.3 Å². The van der Waals surface area contributed by atoms with Gasteiger partial charge in [0.15, 0.2) is 12.0 Å². The van der Waals surface area contributed by atoms with Crippen molar-refractivity contribution in [1.29, 1.82) is 0 Å². The molecule has 0 bridgehead atoms. The van der Waals surface area contributed by atoms with Gasteiger partial charge in [0.05, 0.1) is 11.1 Å². The Balaban J connectivity index is 3.10. The molecule has 0 heterocycles. The number of carbonyl (C=O) groups excluding carboxylic acids is 1. The van der Waals surface area contributed by atoms with Gasteiger partial charge in [-0.15, -0.1) is 5.06 Å². The second-order valence-corrected chi connectivity index (χ2v) is 6.79. The molecule has 1 aromatic rings. The van der Waals surface area contributed by atoms with Crippen LogP contribution in [-0.2, 0) is 0 Å². The maximum absolute atomic E-state index is 11.5. The predicted octanol–water partition coefficient (Wildman–Crippen LogP) is 4.36. The summed E-state index contributed by atoms with van der Waals surface area (Å²) in [5.74, 6) is 0.522. The van der Waals surface area contributed by atoms with Crippen LogP contribution >= 0.6 is 15.9 Å². The summed E-state index contributed by atoms with van der Waals surface area (Å²) in [6, 6.07) is 4.84. The molecule has 0 fully saturated rings. The lowest BCUT2D eigenvalue weighted by atomic mass is 9.92. The minimum atomic E-state index is -1.19. The van der Waals surface area contributed by atoms with E-state index in [1.165, 1.54) is 0 Å². The number of benzene rings is 1. The van der Waals surface area contributed by atoms with Crippen LogP contribution in [0.1, 0.15) is 44.5 Å². The van der Waals surface area contributed by atoms with Gasteiger partial charge in [0.1, 0.15) is 0 Å². The lowest BCUT2D eigenvalue weighted by Gasteiger charge is -2.36. The molecule has 5 nitrogen and oxygen atoms in total. The van der Waals surface area contributed by atoms with E-state index >= 15 is 0 Å². The number of halogens is 1. The van der Waals surface area contributed by atoms with Crippen LogP contribution in [0.4, 0.5) is 4.79 Å². The Morgan fingerprint density at radius 3 is 2.57 bits per heavy atom. The normalized spacial score (nSPS) is 11.3. The van der Waals surface area contributed by atoms with Gasteiger partial charge in [0.25, 0.3) is 0 Å². The summed E-state index contributed by atoms with van der Waals surface area (Å²) in [5, 5.41) is 10.3. The zero-order chi connectivity index (χ0) is 16.2. The first-order chi connectivity index (χ1) is 9.67. The molecular formula is C15H20BrNO4. The molecule has 1 amide bonds. The van der Waals surface area contributed by atoms with E-state index in [9.17, 15) is 14.7 Å². The minimum absolute atomic E-state index is 0.215. The van der Waals surface area contributed by atoms with Crippen molar-refractivity contribution in [2.45, 2.75) is 39.7 Å². The number of carboxylic acid groups (broad SMARTS) is 1. The quantitative estimate of drug-likeness (QED) is 0.606. The summed E-state index contributed by atoms with van der Waals surface area (Å²) in [7, 11) is 0. The van der Waals surface area contributed by atoms with E-state index < -0.39 is 11.6 Å². The van der Waals surface area contributed by atoms with Crippen LogP contribution in [0.5, 0.6) is 5.75 Å². The summed E-state index contributed by atoms with van der Waals surface area (Å²) >= 11 is 3.26. The molecule has 116 valence electrons. The molecule has 0 radical (unpaired) electrons. The van der Waals surface area contributed by atoms with Crippen molar-refractivity contribution in [3.05, 3.63) is 28.2 Å². The Morgan fingerprint density at radius 1 is 1.48 bits per heavy atom. The monoisotopic (exact) mass is 357 g/mol. The summed E-state index contributed by atoms with van der Waals surface area (Å²) in [6.45, 7) is 7.61. The first-order valence-electron chi connectivity index (χ1n) is 6.63. The van der Waals surface area contributed by atoms with Gasteiger partial charge in [-0.3, -0.25) is 4.79 Å². The smallest absolute Gasteiger partial charge is 0.441 e. The third kappa shape index (κ3) is 4.74. The molecule has 1 N–H and O–H groups in total. The first kappa shape index (κ1) is 17.5. The minimum Gasteiger partial charge on any atom is -0.463 e. The van der Waals surface area contributed by atoms with Gasteiger partial charge in [-0.25, -0.2) is 4.79 Å². The molecule has 0 aliphatic carbocycles. The fourth-order valence-corrected chi connectivity index (χ4v) is 2.68. The van der Waals surface area contributed by atoms with E-state index in [0.29, 0.717) is 18.6 Å². The Labute approximate surface area is 133 Å². The molecule has 0 atom stereocenters. The SMILES string of the molecule is CC(C)CC(C)(C)N(Oc1ccc(Br)cc1C=O)C(=O)O. The summed E-state index contributed by atoms with van der Waals surface area (Å²) in [6.07, 6.45) is 0.0716. The van der Waals surface area contributed by atoms with E-state index in [2.05, 4.69) is 15.9 Å². The van der Waals surface area contributed by atoms with Gasteiger partial charge in [-0.1, -0.05) is 29.8 Å². The lowest BCUT2D eigenvalue weighted by Crippen LogP contribution is -2.50. The van der Waals surface area contributed by atoms with Crippen molar-refractivity contribution in [2.75, 3.05) is 0 Å². The number of nitrogens with zero attached hydrogens (tertiary/aromatic N) is 1. The molecule has 6 heteroatoms. The van der Waals surface area contributed by atoms with Crippen LogP contribution in [0.3, 0.4) is 0 Å². The average molecular weight is 358 g/mol. The summed E-state index contributed by atoms with van der Waals surface area (Å²) in [5.41, 5.74) is -0.427. The van der Waals surface area contributed by atoms with Crippen molar-refractivity contribution in [3.63, 3.8) is 0 Å². The van der Waals surface area contributed by atoms with E-state index in [4.69, 9.17) is 4.84 Å². The highest BCUT2D eigenvalue weighted by molar-refractivity contribution is 9.10. The third-order valence-corrected chi connectivity index (χ3v) is 3.41. The number of hydrogen-bond donors (Lipinski definition) is 1. The third-order valence-electron chi connectivity index (χ3n) is 2.92. The fourth-order valence-electron chi connectivity index (χ4n) is 2.30. The van der Waals surface area contributed by atoms with E-state index in [0.717, 1.165) is 9.54 Å². The largest absolute Gasteiger partial charge is 0.463 e. The molecule has 21 heavy (non-hydrogen) atoms. The van der Waals surface area contributed by atoms with Crippen LogP contribution in [-0.4, -0.2) is 28.1 Å². The van der Waals surface area contributed by atoms with Gasteiger partial charge >= 0.3 is 6.09 Å². The molecule has 0 aromatic heterocycles. The summed E-state index contributed by atoms with van der Waals surface area (Å²) < 4.78 is 0.722. The molecule has 0 saturated heterocycles. The Kier molecular flexibility index (Phi) is 5.78. The van der Waals surface area contributed by atoms with Crippen molar-refractivity contribution in [1.82, 2.24) is 5.06 Å². The second-order valence-electron chi connectivity index (χ2n) is 5.88. The maximum atomic E-state index is 11.5. The number of amides is 1. The zero-order valence-corrected chi connectivity index (χ0v) is 14.2. The number of aldehydes is 1. The average Bonchev–Trinajstić information content (AvgIpc) is 2.34. The summed E-state index contributed by atoms with van der Waals surface area (Å²) in [4.78, 5) is 28.1. The van der Waals surface area contributed by atoms with Crippen LogP contribution in [0, 0.1) is 5.92 Å². The highest BCUT2D eigenvalue weighted by Gasteiger charge is 2.34. The molecule has 0 aliphatic heterocycles. The van der Waals surface area contributed by atoms with Crippen LogP contribution < -0.4 is 4.84 Å². The van der Waals surface area contributed by atoms with Gasteiger partial charge in [-0.2, -0.15) is 0 Å². The van der Waals surface area contributed by atoms with Gasteiger partial charge in [-0.05, 0) is 44.4 Å². The first-order valence-corrected chi connectivity index (χ1v) is 7.42. The zero-order valence-electron chi connectivity index (χ0n) is 12.6. The standard InChI is InChI=1S/C15H20BrNO4/c1-10(2)8-15(3,4)17(14(19)20)21-13-6-5-12(16)7-11(13)9-18/h5-7,9-10H,8H2,1-4H3,(H,19,20). The van der Waals surface area contributed by atoms with Crippen LogP contribution in [0.15, 0.2) is 22.7 Å². The van der Waals surface area contributed by atoms with Gasteiger partial charge in [0, 0.05) is 4.47 Å². The number of hydrogen-bond acceptors (Lipinski definition) is 3. The Hall–Kier alpha value is -1.56. The van der Waals surface area contributed by atoms with Crippen molar-refractivity contribution < 1.29 is 19.5 Å². The molecule has 0 unspecified atom stereocenters. The van der Waals surface area contributed by atoms with Gasteiger partial charge in [0.2, 0.25) is 0 Å².